The van der Waals surface area contributed by atoms with Crippen molar-refractivity contribution >= 4 is 6.03 Å². The van der Waals surface area contributed by atoms with Crippen LogP contribution in [0.1, 0.15) is 38.2 Å². The molecule has 0 bridgehead atoms. The molecule has 2 atom stereocenters. The van der Waals surface area contributed by atoms with Crippen LogP contribution in [-0.2, 0) is 11.3 Å². The molecule has 0 radical (unpaired) electrons. The molecule has 2 aliphatic heterocycles. The lowest BCUT2D eigenvalue weighted by atomic mass is 10.0. The van der Waals surface area contributed by atoms with Crippen LogP contribution in [0.3, 0.4) is 0 Å². The van der Waals surface area contributed by atoms with E-state index in [9.17, 15) is 4.79 Å². The van der Waals surface area contributed by atoms with Crippen molar-refractivity contribution in [2.75, 3.05) is 39.4 Å². The Balaban J connectivity index is 1.19. The van der Waals surface area contributed by atoms with Crippen molar-refractivity contribution < 1.29 is 14.3 Å². The Bertz CT molecular complexity index is 639. The highest BCUT2D eigenvalue weighted by Gasteiger charge is 2.36. The molecule has 3 aliphatic rings. The molecule has 0 spiro atoms. The van der Waals surface area contributed by atoms with Crippen molar-refractivity contribution in [3.63, 3.8) is 0 Å². The number of urea groups is 1. The summed E-state index contributed by atoms with van der Waals surface area (Å²) < 4.78 is 11.4. The van der Waals surface area contributed by atoms with Crippen LogP contribution in [0.25, 0.3) is 0 Å². The average Bonchev–Trinajstić information content (AvgIpc) is 3.56. The molecule has 2 amide bonds. The van der Waals surface area contributed by atoms with Gasteiger partial charge in [-0.2, -0.15) is 0 Å². The number of hydrogen-bond acceptors (Lipinski definition) is 4. The number of benzene rings is 1. The summed E-state index contributed by atoms with van der Waals surface area (Å²) in [6.07, 6.45) is 4.87. The van der Waals surface area contributed by atoms with Crippen molar-refractivity contribution in [1.29, 1.82) is 0 Å². The number of carbonyl (C=O) groups excluding carboxylic acids is 1. The van der Waals surface area contributed by atoms with Crippen molar-refractivity contribution in [3.05, 3.63) is 29.8 Å². The van der Waals surface area contributed by atoms with Crippen LogP contribution >= 0.6 is 0 Å². The third kappa shape index (κ3) is 5.17. The number of ether oxygens (including phenoxy) is 2. The standard InChI is InChI=1S/C22H33N3O3/c1-2-27-20-7-3-17(4-8-20)16-24-10-12-25(13-11-24)22(26)23-19-9-14-28-21(15-19)18-5-6-18/h3-4,7-8,18-19,21H,2,5-6,9-16H2,1H3,(H,23,26). The zero-order chi connectivity index (χ0) is 19.3. The van der Waals surface area contributed by atoms with E-state index in [1.165, 1.54) is 18.4 Å². The zero-order valence-electron chi connectivity index (χ0n) is 16.9. The van der Waals surface area contributed by atoms with Gasteiger partial charge >= 0.3 is 6.03 Å². The van der Waals surface area contributed by atoms with E-state index in [0.717, 1.165) is 63.8 Å². The fourth-order valence-electron chi connectivity index (χ4n) is 4.25. The Morgan fingerprint density at radius 3 is 2.57 bits per heavy atom. The second-order valence-electron chi connectivity index (χ2n) is 8.26. The predicted octanol–water partition coefficient (Wildman–Crippen LogP) is 2.87. The highest BCUT2D eigenvalue weighted by atomic mass is 16.5. The third-order valence-corrected chi connectivity index (χ3v) is 6.09. The Labute approximate surface area is 168 Å². The van der Waals surface area contributed by atoms with Crippen molar-refractivity contribution in [2.45, 2.75) is 51.3 Å². The molecule has 3 fully saturated rings. The minimum absolute atomic E-state index is 0.0992. The molecular formula is C22H33N3O3. The first-order valence-electron chi connectivity index (χ1n) is 10.8. The minimum atomic E-state index is 0.0992. The molecular weight excluding hydrogens is 354 g/mol. The third-order valence-electron chi connectivity index (χ3n) is 6.09. The van der Waals surface area contributed by atoms with Crippen LogP contribution in [0, 0.1) is 5.92 Å². The Morgan fingerprint density at radius 2 is 1.89 bits per heavy atom. The quantitative estimate of drug-likeness (QED) is 0.816. The topological polar surface area (TPSA) is 54.0 Å². The van der Waals surface area contributed by atoms with E-state index in [4.69, 9.17) is 9.47 Å². The van der Waals surface area contributed by atoms with Crippen molar-refractivity contribution in [1.82, 2.24) is 15.1 Å². The number of carbonyl (C=O) groups is 1. The molecule has 0 aromatic heterocycles. The predicted molar refractivity (Wildman–Crippen MR) is 108 cm³/mol. The normalized spacial score (nSPS) is 26.1. The molecule has 4 rings (SSSR count). The van der Waals surface area contributed by atoms with Crippen LogP contribution in [0.5, 0.6) is 5.75 Å². The van der Waals surface area contributed by atoms with Crippen molar-refractivity contribution in [3.8, 4) is 5.75 Å². The molecule has 6 heteroatoms. The highest BCUT2D eigenvalue weighted by molar-refractivity contribution is 5.74. The Morgan fingerprint density at radius 1 is 1.14 bits per heavy atom. The largest absolute Gasteiger partial charge is 0.494 e. The van der Waals surface area contributed by atoms with E-state index < -0.39 is 0 Å². The molecule has 1 aliphatic carbocycles. The van der Waals surface area contributed by atoms with Gasteiger partial charge in [-0.15, -0.1) is 0 Å². The minimum Gasteiger partial charge on any atom is -0.494 e. The summed E-state index contributed by atoms with van der Waals surface area (Å²) in [6.45, 7) is 7.80. The summed E-state index contributed by atoms with van der Waals surface area (Å²) in [4.78, 5) is 17.0. The highest BCUT2D eigenvalue weighted by Crippen LogP contribution is 2.38. The van der Waals surface area contributed by atoms with Gasteiger partial charge < -0.3 is 19.7 Å². The molecule has 2 saturated heterocycles. The fraction of sp³-hybridized carbons (Fsp3) is 0.682. The SMILES string of the molecule is CCOc1ccc(CN2CCN(C(=O)NC3CCOC(C4CC4)C3)CC2)cc1. The van der Waals surface area contributed by atoms with Gasteiger partial charge in [0.25, 0.3) is 0 Å². The van der Waals surface area contributed by atoms with Crippen LogP contribution in [0.2, 0.25) is 0 Å². The summed E-state index contributed by atoms with van der Waals surface area (Å²) in [7, 11) is 0. The number of amides is 2. The molecule has 154 valence electrons. The second kappa shape index (κ2) is 9.14. The van der Waals surface area contributed by atoms with E-state index in [-0.39, 0.29) is 12.1 Å². The summed E-state index contributed by atoms with van der Waals surface area (Å²) in [6, 6.07) is 8.70. The van der Waals surface area contributed by atoms with E-state index >= 15 is 0 Å². The first-order valence-corrected chi connectivity index (χ1v) is 10.8. The van der Waals surface area contributed by atoms with Gasteiger partial charge in [0.15, 0.2) is 0 Å². The van der Waals surface area contributed by atoms with E-state index in [2.05, 4.69) is 22.3 Å². The second-order valence-corrected chi connectivity index (χ2v) is 8.26. The van der Waals surface area contributed by atoms with Crippen LogP contribution < -0.4 is 10.1 Å². The summed E-state index contributed by atoms with van der Waals surface area (Å²) >= 11 is 0. The molecule has 2 unspecified atom stereocenters. The lowest BCUT2D eigenvalue weighted by Gasteiger charge is -2.37. The molecule has 2 heterocycles. The number of hydrogen-bond donors (Lipinski definition) is 1. The number of rotatable bonds is 6. The van der Waals surface area contributed by atoms with Gasteiger partial charge in [0.2, 0.25) is 0 Å². The summed E-state index contributed by atoms with van der Waals surface area (Å²) in [5, 5.41) is 3.26. The van der Waals surface area contributed by atoms with Gasteiger partial charge in [-0.25, -0.2) is 4.79 Å². The van der Waals surface area contributed by atoms with Crippen LogP contribution in [-0.4, -0.2) is 67.4 Å². The average molecular weight is 388 g/mol. The number of nitrogens with one attached hydrogen (secondary N) is 1. The van der Waals surface area contributed by atoms with Crippen LogP contribution in [0.4, 0.5) is 4.79 Å². The Hall–Kier alpha value is -1.79. The van der Waals surface area contributed by atoms with Gasteiger partial charge in [-0.1, -0.05) is 12.1 Å². The summed E-state index contributed by atoms with van der Waals surface area (Å²) in [5.41, 5.74) is 1.29. The van der Waals surface area contributed by atoms with Gasteiger partial charge in [-0.05, 0) is 56.2 Å². The maximum absolute atomic E-state index is 12.7. The van der Waals surface area contributed by atoms with E-state index in [1.807, 2.05) is 24.0 Å². The first-order chi connectivity index (χ1) is 13.7. The monoisotopic (exact) mass is 387 g/mol. The lowest BCUT2D eigenvalue weighted by molar-refractivity contribution is -0.0101. The van der Waals surface area contributed by atoms with Gasteiger partial charge in [0.1, 0.15) is 5.75 Å². The van der Waals surface area contributed by atoms with Crippen molar-refractivity contribution in [2.24, 2.45) is 5.92 Å². The fourth-order valence-corrected chi connectivity index (χ4v) is 4.25. The molecule has 1 N–H and O–H groups in total. The lowest BCUT2D eigenvalue weighted by Crippen LogP contribution is -2.54. The molecule has 28 heavy (non-hydrogen) atoms. The zero-order valence-corrected chi connectivity index (χ0v) is 16.9. The molecule has 1 saturated carbocycles. The van der Waals surface area contributed by atoms with Gasteiger partial charge in [0, 0.05) is 45.4 Å². The Kier molecular flexibility index (Phi) is 6.37. The molecule has 1 aromatic carbocycles. The maximum Gasteiger partial charge on any atom is 0.317 e. The molecule has 1 aromatic rings. The summed E-state index contributed by atoms with van der Waals surface area (Å²) in [5.74, 6) is 1.66. The smallest absolute Gasteiger partial charge is 0.317 e. The van der Waals surface area contributed by atoms with Gasteiger partial charge in [0.05, 0.1) is 12.7 Å². The maximum atomic E-state index is 12.7. The van der Waals surface area contributed by atoms with E-state index in [0.29, 0.717) is 12.7 Å². The number of nitrogens with zero attached hydrogens (tertiary/aromatic N) is 2. The number of piperazine rings is 1. The first kappa shape index (κ1) is 19.5. The van der Waals surface area contributed by atoms with Crippen LogP contribution in [0.15, 0.2) is 24.3 Å². The van der Waals surface area contributed by atoms with E-state index in [1.54, 1.807) is 0 Å². The molecule has 6 nitrogen and oxygen atoms in total. The van der Waals surface area contributed by atoms with Gasteiger partial charge in [-0.3, -0.25) is 4.90 Å².